The van der Waals surface area contributed by atoms with Crippen molar-refractivity contribution in [3.05, 3.63) is 40.1 Å². The summed E-state index contributed by atoms with van der Waals surface area (Å²) in [6.07, 6.45) is 0.911. The molecule has 2 saturated heterocycles. The van der Waals surface area contributed by atoms with Crippen molar-refractivity contribution in [3.63, 3.8) is 0 Å². The lowest BCUT2D eigenvalue weighted by Gasteiger charge is -2.34. The third-order valence-electron chi connectivity index (χ3n) is 6.42. The third kappa shape index (κ3) is 5.89. The number of ether oxygens (including phenoxy) is 1. The minimum atomic E-state index is -4.47. The number of carbonyl (C=O) groups is 1. The van der Waals surface area contributed by atoms with Gasteiger partial charge in [-0.15, -0.1) is 0 Å². The second-order valence-corrected chi connectivity index (χ2v) is 8.66. The van der Waals surface area contributed by atoms with Crippen molar-refractivity contribution in [2.24, 2.45) is 0 Å². The van der Waals surface area contributed by atoms with Crippen LogP contribution in [-0.4, -0.2) is 83.0 Å². The van der Waals surface area contributed by atoms with Gasteiger partial charge < -0.3 is 19.4 Å². The summed E-state index contributed by atoms with van der Waals surface area (Å²) in [6, 6.07) is 0.125. The number of alkyl halides is 3. The molecule has 0 spiro atoms. The van der Waals surface area contributed by atoms with Crippen LogP contribution in [0.25, 0.3) is 0 Å². The van der Waals surface area contributed by atoms with Crippen molar-refractivity contribution >= 4 is 17.5 Å². The number of rotatable bonds is 7. The maximum absolute atomic E-state index is 12.7. The quantitative estimate of drug-likeness (QED) is 0.578. The van der Waals surface area contributed by atoms with E-state index in [1.807, 2.05) is 0 Å². The van der Waals surface area contributed by atoms with E-state index < -0.39 is 11.7 Å². The fourth-order valence-electron chi connectivity index (χ4n) is 4.39. The average Bonchev–Trinajstić information content (AvgIpc) is 3.31. The fourth-order valence-corrected chi connectivity index (χ4v) is 4.39. The van der Waals surface area contributed by atoms with Crippen LogP contribution in [0.1, 0.15) is 30.4 Å². The van der Waals surface area contributed by atoms with Gasteiger partial charge in [-0.05, 0) is 19.8 Å². The minimum absolute atomic E-state index is 0.0316. The Morgan fingerprint density at radius 2 is 1.86 bits per heavy atom. The SMILES string of the molecule is Cc1c(N2CCC[C@H]2COCCC(=O)N2CCN(c3ncc(C(F)(F)F)cn3)CC2)cn[nH]c1=O. The molecule has 2 aliphatic rings. The van der Waals surface area contributed by atoms with Crippen LogP contribution in [0.4, 0.5) is 24.8 Å². The number of hydrogen-bond acceptors (Lipinski definition) is 8. The Balaban J connectivity index is 1.19. The minimum Gasteiger partial charge on any atom is -0.379 e. The van der Waals surface area contributed by atoms with Gasteiger partial charge in [0.05, 0.1) is 43.1 Å². The van der Waals surface area contributed by atoms with Crippen LogP contribution in [0.2, 0.25) is 0 Å². The number of carbonyl (C=O) groups excluding carboxylic acids is 1. The average molecular weight is 496 g/mol. The first-order chi connectivity index (χ1) is 16.7. The van der Waals surface area contributed by atoms with E-state index in [2.05, 4.69) is 25.1 Å². The summed E-state index contributed by atoms with van der Waals surface area (Å²) in [5, 5.41) is 6.34. The highest BCUT2D eigenvalue weighted by Crippen LogP contribution is 2.29. The number of aromatic amines is 1. The van der Waals surface area contributed by atoms with Crippen LogP contribution in [-0.2, 0) is 15.7 Å². The predicted octanol–water partition coefficient (Wildman–Crippen LogP) is 1.61. The molecule has 10 nitrogen and oxygen atoms in total. The van der Waals surface area contributed by atoms with E-state index in [0.717, 1.165) is 37.5 Å². The monoisotopic (exact) mass is 495 g/mol. The number of hydrogen-bond donors (Lipinski definition) is 1. The molecule has 0 radical (unpaired) electrons. The van der Waals surface area contributed by atoms with Gasteiger partial charge in [-0.25, -0.2) is 15.1 Å². The fraction of sp³-hybridized carbons (Fsp3) is 0.591. The molecule has 4 heterocycles. The highest BCUT2D eigenvalue weighted by molar-refractivity contribution is 5.76. The van der Waals surface area contributed by atoms with Crippen LogP contribution in [0.15, 0.2) is 23.4 Å². The van der Waals surface area contributed by atoms with Gasteiger partial charge in [-0.1, -0.05) is 0 Å². The first-order valence-corrected chi connectivity index (χ1v) is 11.5. The van der Waals surface area contributed by atoms with Gasteiger partial charge in [0.2, 0.25) is 11.9 Å². The van der Waals surface area contributed by atoms with E-state index in [-0.39, 0.29) is 36.5 Å². The van der Waals surface area contributed by atoms with Crippen LogP contribution in [0.3, 0.4) is 0 Å². The van der Waals surface area contributed by atoms with Crippen molar-refractivity contribution < 1.29 is 22.7 Å². The predicted molar refractivity (Wildman–Crippen MR) is 121 cm³/mol. The number of aromatic nitrogens is 4. The zero-order valence-electron chi connectivity index (χ0n) is 19.4. The molecule has 0 aromatic carbocycles. The normalized spacial score (nSPS) is 18.9. The van der Waals surface area contributed by atoms with Gasteiger partial charge in [-0.2, -0.15) is 18.3 Å². The molecule has 1 amide bonds. The molecule has 2 aliphatic heterocycles. The Morgan fingerprint density at radius 3 is 2.54 bits per heavy atom. The lowest BCUT2D eigenvalue weighted by atomic mass is 10.2. The highest BCUT2D eigenvalue weighted by atomic mass is 19.4. The number of piperazine rings is 1. The standard InChI is InChI=1S/C22H28F3N7O3/c1-15-18(13-28-29-20(15)34)32-5-2-3-17(32)14-35-10-4-19(33)30-6-8-31(9-7-30)21-26-11-16(12-27-21)22(23,24)25/h11-13,17H,2-10,14H2,1H3,(H,29,34)/t17-/m0/s1. The number of amides is 1. The molecule has 0 bridgehead atoms. The summed E-state index contributed by atoms with van der Waals surface area (Å²) in [5.74, 6) is 0.191. The third-order valence-corrected chi connectivity index (χ3v) is 6.42. The number of H-pyrrole nitrogens is 1. The van der Waals surface area contributed by atoms with Gasteiger partial charge in [0.25, 0.3) is 5.56 Å². The van der Waals surface area contributed by atoms with Crippen LogP contribution >= 0.6 is 0 Å². The Bertz CT molecular complexity index is 1070. The Hall–Kier alpha value is -3.22. The summed E-state index contributed by atoms with van der Waals surface area (Å²) < 4.78 is 43.8. The molecular weight excluding hydrogens is 467 g/mol. The van der Waals surface area contributed by atoms with Crippen molar-refractivity contribution in [3.8, 4) is 0 Å². The Labute approximate surface area is 200 Å². The maximum atomic E-state index is 12.7. The van der Waals surface area contributed by atoms with E-state index >= 15 is 0 Å². The Kier molecular flexibility index (Phi) is 7.53. The molecule has 1 N–H and O–H groups in total. The van der Waals surface area contributed by atoms with E-state index in [1.165, 1.54) is 0 Å². The highest BCUT2D eigenvalue weighted by Gasteiger charge is 2.32. The summed E-state index contributed by atoms with van der Waals surface area (Å²) in [7, 11) is 0. The van der Waals surface area contributed by atoms with Crippen LogP contribution in [0.5, 0.6) is 0 Å². The molecule has 2 aromatic heterocycles. The molecule has 4 rings (SSSR count). The van der Waals surface area contributed by atoms with E-state index in [1.54, 1.807) is 22.9 Å². The van der Waals surface area contributed by atoms with Gasteiger partial charge in [0.1, 0.15) is 0 Å². The second-order valence-electron chi connectivity index (χ2n) is 8.66. The maximum Gasteiger partial charge on any atom is 0.419 e. The number of anilines is 2. The molecule has 0 aliphatic carbocycles. The summed E-state index contributed by atoms with van der Waals surface area (Å²) in [6.45, 7) is 5.11. The number of nitrogens with zero attached hydrogens (tertiary/aromatic N) is 6. The van der Waals surface area contributed by atoms with Crippen molar-refractivity contribution in [1.82, 2.24) is 25.1 Å². The molecule has 35 heavy (non-hydrogen) atoms. The van der Waals surface area contributed by atoms with Gasteiger partial charge in [0.15, 0.2) is 0 Å². The summed E-state index contributed by atoms with van der Waals surface area (Å²) in [5.41, 5.74) is 0.346. The van der Waals surface area contributed by atoms with E-state index in [4.69, 9.17) is 4.74 Å². The molecule has 13 heteroatoms. The largest absolute Gasteiger partial charge is 0.419 e. The van der Waals surface area contributed by atoms with Crippen molar-refractivity contribution in [2.75, 3.05) is 55.7 Å². The van der Waals surface area contributed by atoms with Gasteiger partial charge >= 0.3 is 6.18 Å². The first kappa shape index (κ1) is 24.9. The first-order valence-electron chi connectivity index (χ1n) is 11.5. The molecule has 2 aromatic rings. The van der Waals surface area contributed by atoms with E-state index in [0.29, 0.717) is 38.3 Å². The van der Waals surface area contributed by atoms with E-state index in [9.17, 15) is 22.8 Å². The topological polar surface area (TPSA) is 108 Å². The van der Waals surface area contributed by atoms with Crippen molar-refractivity contribution in [1.29, 1.82) is 0 Å². The Morgan fingerprint density at radius 1 is 1.14 bits per heavy atom. The smallest absolute Gasteiger partial charge is 0.379 e. The summed E-state index contributed by atoms with van der Waals surface area (Å²) >= 11 is 0. The lowest BCUT2D eigenvalue weighted by Crippen LogP contribution is -2.49. The zero-order chi connectivity index (χ0) is 25.0. The molecule has 0 unspecified atom stereocenters. The zero-order valence-corrected chi connectivity index (χ0v) is 19.4. The molecule has 1 atom stereocenters. The number of halogens is 3. The molecule has 190 valence electrons. The molecular formula is C22H28F3N7O3. The number of nitrogens with one attached hydrogen (secondary N) is 1. The second kappa shape index (κ2) is 10.6. The molecule has 0 saturated carbocycles. The van der Waals surface area contributed by atoms with Gasteiger partial charge in [0, 0.05) is 50.7 Å². The summed E-state index contributed by atoms with van der Waals surface area (Å²) in [4.78, 5) is 37.7. The lowest BCUT2D eigenvalue weighted by molar-refractivity contribution is -0.138. The van der Waals surface area contributed by atoms with Gasteiger partial charge in [-0.3, -0.25) is 9.59 Å². The van der Waals surface area contributed by atoms with Crippen LogP contribution < -0.4 is 15.4 Å². The molecule has 2 fully saturated rings. The van der Waals surface area contributed by atoms with Crippen molar-refractivity contribution in [2.45, 2.75) is 38.4 Å². The van der Waals surface area contributed by atoms with Crippen LogP contribution in [0, 0.1) is 6.92 Å².